The van der Waals surface area contributed by atoms with Gasteiger partial charge >= 0.3 is 0 Å². The van der Waals surface area contributed by atoms with Crippen LogP contribution in [0, 0.1) is 6.92 Å². The van der Waals surface area contributed by atoms with E-state index in [1.807, 2.05) is 0 Å². The van der Waals surface area contributed by atoms with Crippen molar-refractivity contribution in [1.29, 1.82) is 0 Å². The molecule has 0 aliphatic heterocycles. The van der Waals surface area contributed by atoms with Crippen molar-refractivity contribution in [2.75, 3.05) is 0 Å². The van der Waals surface area contributed by atoms with Gasteiger partial charge in [-0.05, 0) is 56.6 Å². The highest BCUT2D eigenvalue weighted by Gasteiger charge is 2.19. The number of rotatable bonds is 6. The van der Waals surface area contributed by atoms with Crippen molar-refractivity contribution < 1.29 is 0 Å². The van der Waals surface area contributed by atoms with Crippen LogP contribution >= 0.6 is 0 Å². The first kappa shape index (κ1) is 17.6. The maximum atomic E-state index is 2.76. The van der Waals surface area contributed by atoms with Gasteiger partial charge in [0.15, 0.2) is 0 Å². The summed E-state index contributed by atoms with van der Waals surface area (Å²) in [7, 11) is 0. The number of fused-ring (bicyclic) bond motifs is 1. The molecule has 0 fully saturated rings. The number of aromatic nitrogens is 1. The van der Waals surface area contributed by atoms with Crippen molar-refractivity contribution in [2.24, 2.45) is 0 Å². The third-order valence-corrected chi connectivity index (χ3v) is 5.45. The number of hydrogen-bond acceptors (Lipinski definition) is 0. The summed E-state index contributed by atoms with van der Waals surface area (Å²) in [5, 5.41) is 0. The largest absolute Gasteiger partial charge is 0.348 e. The molecule has 0 N–H and O–H groups in total. The van der Waals surface area contributed by atoms with Crippen LogP contribution < -0.4 is 0 Å². The van der Waals surface area contributed by atoms with Crippen LogP contribution in [0.1, 0.15) is 101 Å². The van der Waals surface area contributed by atoms with Crippen molar-refractivity contribution in [3.8, 4) is 0 Å². The minimum atomic E-state index is 1.26. The smallest absolute Gasteiger partial charge is 0.0225 e. The molecule has 0 spiro atoms. The molecule has 1 aromatic heterocycles. The second-order valence-corrected chi connectivity index (χ2v) is 7.23. The molecule has 1 aliphatic rings. The molecule has 2 rings (SSSR count). The normalized spacial score (nSPS) is 16.5. The Morgan fingerprint density at radius 3 is 2.18 bits per heavy atom. The minimum absolute atomic E-state index is 1.26. The van der Waals surface area contributed by atoms with Crippen LogP contribution in [0.15, 0.2) is 0 Å². The van der Waals surface area contributed by atoms with Crippen molar-refractivity contribution in [3.05, 3.63) is 22.5 Å². The van der Waals surface area contributed by atoms with Gasteiger partial charge in [0.1, 0.15) is 0 Å². The lowest BCUT2D eigenvalue weighted by Gasteiger charge is -2.15. The van der Waals surface area contributed by atoms with Crippen LogP contribution in [0.2, 0.25) is 0 Å². The molecule has 1 heterocycles. The maximum absolute atomic E-state index is 2.76. The third-order valence-electron chi connectivity index (χ3n) is 5.45. The lowest BCUT2D eigenvalue weighted by Crippen LogP contribution is -2.09. The second kappa shape index (κ2) is 9.43. The zero-order valence-electron chi connectivity index (χ0n) is 15.3. The van der Waals surface area contributed by atoms with E-state index in [0.29, 0.717) is 0 Å². The fraction of sp³-hybridized carbons (Fsp3) is 0.810. The van der Waals surface area contributed by atoms with E-state index in [0.717, 1.165) is 0 Å². The van der Waals surface area contributed by atoms with Gasteiger partial charge in [-0.2, -0.15) is 0 Å². The predicted octanol–water partition coefficient (Wildman–Crippen LogP) is 6.38. The van der Waals surface area contributed by atoms with Gasteiger partial charge in [-0.25, -0.2) is 0 Å². The van der Waals surface area contributed by atoms with Gasteiger partial charge in [0, 0.05) is 17.9 Å². The first-order valence-corrected chi connectivity index (χ1v) is 9.99. The molecule has 0 bridgehead atoms. The molecule has 0 amide bonds. The van der Waals surface area contributed by atoms with E-state index in [9.17, 15) is 0 Å². The van der Waals surface area contributed by atoms with E-state index in [-0.39, 0.29) is 0 Å². The Morgan fingerprint density at radius 1 is 0.818 bits per heavy atom. The van der Waals surface area contributed by atoms with E-state index in [2.05, 4.69) is 25.3 Å². The molecule has 0 atom stereocenters. The van der Waals surface area contributed by atoms with E-state index in [1.165, 1.54) is 90.0 Å². The summed E-state index contributed by atoms with van der Waals surface area (Å²) in [5.74, 6) is 0. The van der Waals surface area contributed by atoms with Crippen molar-refractivity contribution in [2.45, 2.75) is 111 Å². The fourth-order valence-electron chi connectivity index (χ4n) is 4.19. The summed E-state index contributed by atoms with van der Waals surface area (Å²) in [4.78, 5) is 0. The number of nitrogens with zero attached hydrogens (tertiary/aromatic N) is 1. The lowest BCUT2D eigenvalue weighted by molar-refractivity contribution is 0.536. The average Bonchev–Trinajstić information content (AvgIpc) is 2.77. The Morgan fingerprint density at radius 2 is 1.50 bits per heavy atom. The Kier molecular flexibility index (Phi) is 7.55. The van der Waals surface area contributed by atoms with Crippen LogP contribution in [0.5, 0.6) is 0 Å². The minimum Gasteiger partial charge on any atom is -0.348 e. The Labute approximate surface area is 138 Å². The van der Waals surface area contributed by atoms with Crippen molar-refractivity contribution >= 4 is 0 Å². The van der Waals surface area contributed by atoms with Gasteiger partial charge in [0.25, 0.3) is 0 Å². The summed E-state index contributed by atoms with van der Waals surface area (Å²) >= 11 is 0. The zero-order valence-corrected chi connectivity index (χ0v) is 15.3. The van der Waals surface area contributed by atoms with Crippen LogP contribution in [0.4, 0.5) is 0 Å². The molecule has 22 heavy (non-hydrogen) atoms. The molecule has 1 aliphatic carbocycles. The van der Waals surface area contributed by atoms with Gasteiger partial charge in [-0.15, -0.1) is 0 Å². The van der Waals surface area contributed by atoms with Crippen molar-refractivity contribution in [3.63, 3.8) is 0 Å². The van der Waals surface area contributed by atoms with E-state index in [1.54, 1.807) is 22.5 Å². The lowest BCUT2D eigenvalue weighted by atomic mass is 9.96. The molecule has 1 aromatic rings. The van der Waals surface area contributed by atoms with Gasteiger partial charge in [-0.3, -0.25) is 0 Å². The molecule has 0 saturated heterocycles. The first-order valence-electron chi connectivity index (χ1n) is 9.99. The monoisotopic (exact) mass is 303 g/mol. The quantitative estimate of drug-likeness (QED) is 0.537. The number of hydrogen-bond donors (Lipinski definition) is 0. The van der Waals surface area contributed by atoms with Gasteiger partial charge < -0.3 is 4.57 Å². The predicted molar refractivity (Wildman–Crippen MR) is 97.8 cm³/mol. The van der Waals surface area contributed by atoms with E-state index >= 15 is 0 Å². The molecule has 1 nitrogen and oxygen atoms in total. The molecule has 0 saturated carbocycles. The molecule has 126 valence electrons. The highest BCUT2D eigenvalue weighted by Crippen LogP contribution is 2.29. The second-order valence-electron chi connectivity index (χ2n) is 7.23. The summed E-state index contributed by atoms with van der Waals surface area (Å²) in [6.07, 6.45) is 17.8. The molecule has 0 unspecified atom stereocenters. The van der Waals surface area contributed by atoms with E-state index in [4.69, 9.17) is 0 Å². The highest BCUT2D eigenvalue weighted by molar-refractivity contribution is 5.38. The summed E-state index contributed by atoms with van der Waals surface area (Å²) < 4.78 is 2.76. The standard InChI is InChI=1S/C21H37N/c1-4-6-13-17-22-20(14-5-2)18(3)19-15-11-9-7-8-10-12-16-21(19)22/h4-17H2,1-3H3. The maximum Gasteiger partial charge on any atom is 0.0225 e. The Bertz CT molecular complexity index is 441. The van der Waals surface area contributed by atoms with Crippen LogP contribution in [0.25, 0.3) is 0 Å². The number of unbranched alkanes of at least 4 members (excludes halogenated alkanes) is 2. The topological polar surface area (TPSA) is 4.93 Å². The van der Waals surface area contributed by atoms with Gasteiger partial charge in [-0.1, -0.05) is 58.8 Å². The average molecular weight is 304 g/mol. The van der Waals surface area contributed by atoms with Gasteiger partial charge in [0.05, 0.1) is 0 Å². The molecule has 0 aromatic carbocycles. The highest BCUT2D eigenvalue weighted by atomic mass is 15.0. The summed E-state index contributed by atoms with van der Waals surface area (Å²) in [6, 6.07) is 0. The summed E-state index contributed by atoms with van der Waals surface area (Å²) in [5.41, 5.74) is 6.78. The van der Waals surface area contributed by atoms with Crippen LogP contribution in [0.3, 0.4) is 0 Å². The van der Waals surface area contributed by atoms with E-state index < -0.39 is 0 Å². The van der Waals surface area contributed by atoms with Crippen LogP contribution in [-0.2, 0) is 25.8 Å². The third kappa shape index (κ3) is 4.40. The Hall–Kier alpha value is -0.720. The molecule has 1 heteroatoms. The molecular weight excluding hydrogens is 266 g/mol. The SMILES string of the molecule is CCCCCn1c(CCC)c(C)c2c1CCCCCCCC2. The molecular formula is C21H37N. The van der Waals surface area contributed by atoms with Gasteiger partial charge in [0.2, 0.25) is 0 Å². The summed E-state index contributed by atoms with van der Waals surface area (Å²) in [6.45, 7) is 8.31. The Balaban J connectivity index is 2.30. The zero-order chi connectivity index (χ0) is 15.8. The van der Waals surface area contributed by atoms with Crippen molar-refractivity contribution in [1.82, 2.24) is 4.57 Å². The molecule has 0 radical (unpaired) electrons. The first-order chi connectivity index (χ1) is 10.8. The fourth-order valence-corrected chi connectivity index (χ4v) is 4.19. The van der Waals surface area contributed by atoms with Crippen LogP contribution in [-0.4, -0.2) is 4.57 Å².